The zero-order valence-electron chi connectivity index (χ0n) is 13.4. The van der Waals surface area contributed by atoms with E-state index in [2.05, 4.69) is 5.32 Å². The topological polar surface area (TPSA) is 67.6 Å². The summed E-state index contributed by atoms with van der Waals surface area (Å²) in [5.41, 5.74) is 5.38. The summed E-state index contributed by atoms with van der Waals surface area (Å²) in [5.74, 6) is -4.26. The van der Waals surface area contributed by atoms with Crippen molar-refractivity contribution in [3.05, 3.63) is 35.6 Å². The molecule has 1 unspecified atom stereocenters. The van der Waals surface area contributed by atoms with Crippen molar-refractivity contribution in [3.8, 4) is 0 Å². The second kappa shape index (κ2) is 10.8. The number of alkyl halides is 2. The number of carbonyl (C=O) groups excluding carboxylic acids is 1. The molecule has 144 valence electrons. The second-order valence-electron chi connectivity index (χ2n) is 5.38. The van der Waals surface area contributed by atoms with Crippen LogP contribution >= 0.6 is 24.8 Å². The molecular formula is C15H22Cl2F3N3O2. The van der Waals surface area contributed by atoms with Crippen LogP contribution in [0.15, 0.2) is 24.3 Å². The van der Waals surface area contributed by atoms with Gasteiger partial charge in [-0.1, -0.05) is 12.1 Å². The van der Waals surface area contributed by atoms with Gasteiger partial charge in [-0.2, -0.15) is 0 Å². The van der Waals surface area contributed by atoms with Crippen LogP contribution in [0.1, 0.15) is 11.6 Å². The number of hydrogen-bond donors (Lipinski definition) is 2. The predicted octanol–water partition coefficient (Wildman–Crippen LogP) is 1.75. The number of benzene rings is 1. The van der Waals surface area contributed by atoms with Gasteiger partial charge in [0.1, 0.15) is 11.9 Å². The van der Waals surface area contributed by atoms with Gasteiger partial charge in [-0.05, 0) is 17.7 Å². The van der Waals surface area contributed by atoms with E-state index in [0.717, 1.165) is 0 Å². The average molecular weight is 404 g/mol. The molecule has 1 aromatic carbocycles. The van der Waals surface area contributed by atoms with Crippen molar-refractivity contribution >= 4 is 30.7 Å². The fourth-order valence-corrected chi connectivity index (χ4v) is 2.43. The second-order valence-corrected chi connectivity index (χ2v) is 5.38. The summed E-state index contributed by atoms with van der Waals surface area (Å²) in [6, 6.07) is 4.74. The van der Waals surface area contributed by atoms with Crippen LogP contribution in [0, 0.1) is 5.82 Å². The molecule has 1 fully saturated rings. The zero-order chi connectivity index (χ0) is 16.9. The van der Waals surface area contributed by atoms with Crippen LogP contribution in [0.2, 0.25) is 0 Å². The number of morpholine rings is 1. The highest BCUT2D eigenvalue weighted by Crippen LogP contribution is 2.23. The number of amides is 1. The third kappa shape index (κ3) is 6.99. The molecule has 1 aliphatic rings. The van der Waals surface area contributed by atoms with Crippen molar-refractivity contribution in [2.24, 2.45) is 5.73 Å². The van der Waals surface area contributed by atoms with Crippen molar-refractivity contribution in [3.63, 3.8) is 0 Å². The maximum Gasteiger partial charge on any atom is 0.277 e. The van der Waals surface area contributed by atoms with Crippen LogP contribution in [-0.2, 0) is 9.53 Å². The molecule has 1 aliphatic heterocycles. The van der Waals surface area contributed by atoms with Crippen LogP contribution < -0.4 is 11.1 Å². The van der Waals surface area contributed by atoms with E-state index in [1.807, 2.05) is 0 Å². The minimum absolute atomic E-state index is 0. The summed E-state index contributed by atoms with van der Waals surface area (Å²) in [5, 5.41) is 2.22. The van der Waals surface area contributed by atoms with Gasteiger partial charge in [0.2, 0.25) is 5.91 Å². The van der Waals surface area contributed by atoms with Gasteiger partial charge in [0.25, 0.3) is 5.92 Å². The van der Waals surface area contributed by atoms with Crippen LogP contribution in [0.3, 0.4) is 0 Å². The van der Waals surface area contributed by atoms with Gasteiger partial charge in [0.05, 0.1) is 26.3 Å². The number of nitrogens with one attached hydrogen (secondary N) is 1. The van der Waals surface area contributed by atoms with E-state index in [4.69, 9.17) is 10.5 Å². The van der Waals surface area contributed by atoms with Crippen molar-refractivity contribution in [2.75, 3.05) is 39.4 Å². The Hall–Kier alpha value is -1.06. The normalized spacial score (nSPS) is 16.3. The Bertz CT molecular complexity index is 547. The lowest BCUT2D eigenvalue weighted by Crippen LogP contribution is -2.49. The molecule has 25 heavy (non-hydrogen) atoms. The summed E-state index contributed by atoms with van der Waals surface area (Å²) >= 11 is 0. The van der Waals surface area contributed by atoms with Crippen molar-refractivity contribution in [2.45, 2.75) is 12.0 Å². The molecule has 0 bridgehead atoms. The van der Waals surface area contributed by atoms with Crippen LogP contribution in [-0.4, -0.2) is 56.1 Å². The smallest absolute Gasteiger partial charge is 0.277 e. The van der Waals surface area contributed by atoms with Gasteiger partial charge >= 0.3 is 0 Å². The lowest BCUT2D eigenvalue weighted by molar-refractivity contribution is -0.130. The van der Waals surface area contributed by atoms with Crippen LogP contribution in [0.5, 0.6) is 0 Å². The lowest BCUT2D eigenvalue weighted by atomic mass is 10.0. The number of nitrogens with two attached hydrogens (primary N) is 1. The Morgan fingerprint density at radius 1 is 1.32 bits per heavy atom. The Morgan fingerprint density at radius 3 is 2.52 bits per heavy atom. The SMILES string of the molecule is Cl.Cl.NCC(F)(F)CNC(=O)C(c1cccc(F)c1)N1CCOCC1. The Morgan fingerprint density at radius 2 is 1.96 bits per heavy atom. The van der Waals surface area contributed by atoms with Crippen LogP contribution in [0.4, 0.5) is 13.2 Å². The summed E-state index contributed by atoms with van der Waals surface area (Å²) < 4.78 is 45.2. The third-order valence-electron chi connectivity index (χ3n) is 3.64. The van der Waals surface area contributed by atoms with E-state index in [-0.39, 0.29) is 24.8 Å². The van der Waals surface area contributed by atoms with Crippen LogP contribution in [0.25, 0.3) is 0 Å². The lowest BCUT2D eigenvalue weighted by Gasteiger charge is -2.34. The molecule has 0 aromatic heterocycles. The summed E-state index contributed by atoms with van der Waals surface area (Å²) in [7, 11) is 0. The summed E-state index contributed by atoms with van der Waals surface area (Å²) in [6.45, 7) is 0.0772. The van der Waals surface area contributed by atoms with Gasteiger partial charge < -0.3 is 15.8 Å². The van der Waals surface area contributed by atoms with Gasteiger partial charge in [-0.25, -0.2) is 13.2 Å². The molecule has 0 aliphatic carbocycles. The molecule has 5 nitrogen and oxygen atoms in total. The maximum atomic E-state index is 13.5. The highest BCUT2D eigenvalue weighted by atomic mass is 35.5. The Kier molecular flexibility index (Phi) is 10.4. The first kappa shape index (κ1) is 23.9. The first-order chi connectivity index (χ1) is 10.9. The number of hydrogen-bond acceptors (Lipinski definition) is 4. The van der Waals surface area contributed by atoms with E-state index in [0.29, 0.717) is 31.9 Å². The monoisotopic (exact) mass is 403 g/mol. The van der Waals surface area contributed by atoms with E-state index in [9.17, 15) is 18.0 Å². The van der Waals surface area contributed by atoms with Crippen molar-refractivity contribution in [1.29, 1.82) is 0 Å². The molecule has 10 heteroatoms. The van der Waals surface area contributed by atoms with E-state index in [1.165, 1.54) is 18.2 Å². The fourth-order valence-electron chi connectivity index (χ4n) is 2.43. The largest absolute Gasteiger partial charge is 0.379 e. The molecule has 1 aromatic rings. The van der Waals surface area contributed by atoms with E-state index >= 15 is 0 Å². The number of nitrogens with zero attached hydrogens (tertiary/aromatic N) is 1. The number of rotatable bonds is 6. The fraction of sp³-hybridized carbons (Fsp3) is 0.533. The number of halogens is 5. The number of ether oxygens (including phenoxy) is 1. The molecule has 0 radical (unpaired) electrons. The van der Waals surface area contributed by atoms with Gasteiger partial charge in [0, 0.05) is 13.1 Å². The predicted molar refractivity (Wildman–Crippen MR) is 93.0 cm³/mol. The Balaban J connectivity index is 0.00000288. The zero-order valence-corrected chi connectivity index (χ0v) is 15.1. The molecule has 1 amide bonds. The molecule has 1 heterocycles. The molecule has 1 atom stereocenters. The molecular weight excluding hydrogens is 382 g/mol. The summed E-state index contributed by atoms with van der Waals surface area (Å²) in [6.07, 6.45) is 0. The number of carbonyl (C=O) groups is 1. The van der Waals surface area contributed by atoms with Crippen molar-refractivity contribution < 1.29 is 22.7 Å². The van der Waals surface area contributed by atoms with Crippen molar-refractivity contribution in [1.82, 2.24) is 10.2 Å². The first-order valence-electron chi connectivity index (χ1n) is 7.36. The Labute approximate surface area is 156 Å². The molecule has 0 saturated carbocycles. The average Bonchev–Trinajstić information content (AvgIpc) is 2.54. The summed E-state index contributed by atoms with van der Waals surface area (Å²) in [4.78, 5) is 14.2. The first-order valence-corrected chi connectivity index (χ1v) is 7.36. The highest BCUT2D eigenvalue weighted by Gasteiger charge is 2.33. The van der Waals surface area contributed by atoms with Gasteiger partial charge in [0.15, 0.2) is 0 Å². The minimum Gasteiger partial charge on any atom is -0.379 e. The molecule has 0 spiro atoms. The quantitative estimate of drug-likeness (QED) is 0.759. The highest BCUT2D eigenvalue weighted by molar-refractivity contribution is 5.85. The third-order valence-corrected chi connectivity index (χ3v) is 3.64. The maximum absolute atomic E-state index is 13.5. The van der Waals surface area contributed by atoms with Gasteiger partial charge in [-0.15, -0.1) is 24.8 Å². The van der Waals surface area contributed by atoms with E-state index < -0.39 is 36.8 Å². The van der Waals surface area contributed by atoms with E-state index in [1.54, 1.807) is 11.0 Å². The standard InChI is InChI=1S/C15H20F3N3O2.2ClH/c16-12-3-1-2-11(8-12)13(21-4-6-23-7-5-21)14(22)20-10-15(17,18)9-19;;/h1-3,8,13H,4-7,9-10,19H2,(H,20,22);2*1H. The molecule has 3 N–H and O–H groups in total. The molecule has 2 rings (SSSR count). The molecule has 1 saturated heterocycles. The van der Waals surface area contributed by atoms with Gasteiger partial charge in [-0.3, -0.25) is 9.69 Å². The minimum atomic E-state index is -3.17.